The molecule has 0 aliphatic carbocycles. The fourth-order valence-electron chi connectivity index (χ4n) is 4.24. The van der Waals surface area contributed by atoms with Crippen LogP contribution >= 0.6 is 11.3 Å². The van der Waals surface area contributed by atoms with Gasteiger partial charge >= 0.3 is 0 Å². The largest absolute Gasteiger partial charge is 0.492 e. The van der Waals surface area contributed by atoms with E-state index in [-0.39, 0.29) is 16.0 Å². The Labute approximate surface area is 226 Å². The average molecular weight is 539 g/mol. The summed E-state index contributed by atoms with van der Waals surface area (Å²) in [5.74, 6) is -0.396. The van der Waals surface area contributed by atoms with Crippen LogP contribution in [0.15, 0.2) is 47.6 Å². The second-order valence-electron chi connectivity index (χ2n) is 10.0. The van der Waals surface area contributed by atoms with Crippen LogP contribution in [0.25, 0.3) is 10.8 Å². The minimum Gasteiger partial charge on any atom is -0.492 e. The Kier molecular flexibility index (Phi) is 8.65. The predicted octanol–water partition coefficient (Wildman–Crippen LogP) is 4.00. The van der Waals surface area contributed by atoms with Crippen molar-refractivity contribution in [1.82, 2.24) is 4.90 Å². The summed E-state index contributed by atoms with van der Waals surface area (Å²) >= 11 is 1.27. The molecule has 2 aromatic carbocycles. The number of rotatable bonds is 9. The van der Waals surface area contributed by atoms with Gasteiger partial charge in [-0.15, -0.1) is 11.3 Å². The van der Waals surface area contributed by atoms with Crippen molar-refractivity contribution in [2.24, 2.45) is 10.9 Å². The van der Waals surface area contributed by atoms with Crippen LogP contribution in [-0.2, 0) is 19.8 Å². The van der Waals surface area contributed by atoms with Crippen LogP contribution < -0.4 is 15.8 Å². The van der Waals surface area contributed by atoms with Gasteiger partial charge in [0.25, 0.3) is 11.8 Å². The van der Waals surface area contributed by atoms with Crippen molar-refractivity contribution < 1.29 is 23.9 Å². The van der Waals surface area contributed by atoms with Crippen molar-refractivity contribution in [3.8, 4) is 5.75 Å². The van der Waals surface area contributed by atoms with Gasteiger partial charge in [-0.2, -0.15) is 0 Å². The van der Waals surface area contributed by atoms with Gasteiger partial charge in [0.2, 0.25) is 0 Å². The number of hydrogen-bond donors (Lipinski definition) is 2. The molecule has 38 heavy (non-hydrogen) atoms. The maximum atomic E-state index is 13.5. The first-order chi connectivity index (χ1) is 18.2. The van der Waals surface area contributed by atoms with Crippen molar-refractivity contribution in [3.63, 3.8) is 0 Å². The second-order valence-corrected chi connectivity index (χ2v) is 11.1. The maximum absolute atomic E-state index is 13.5. The summed E-state index contributed by atoms with van der Waals surface area (Å²) in [5.41, 5.74) is 6.40. The van der Waals surface area contributed by atoms with Gasteiger partial charge in [0, 0.05) is 35.5 Å². The summed E-state index contributed by atoms with van der Waals surface area (Å²) in [6, 6.07) is 13.1. The van der Waals surface area contributed by atoms with E-state index in [2.05, 4.69) is 15.4 Å². The quantitative estimate of drug-likeness (QED) is 0.314. The summed E-state index contributed by atoms with van der Waals surface area (Å²) in [6.07, 6.45) is 0. The number of thiophene rings is 1. The number of nitrogens with one attached hydrogen (secondary N) is 1. The molecule has 9 nitrogen and oxygen atoms in total. The third-order valence-corrected chi connectivity index (χ3v) is 7.82. The SMILES string of the molecule is CO/N=C(/C(=O)Nc1cc(C(C)(C)C)sc1C(N)=O)c1ccc(OCCN2CCOCC2)c2ccccc12. The van der Waals surface area contributed by atoms with Gasteiger partial charge in [-0.25, -0.2) is 0 Å². The van der Waals surface area contributed by atoms with Crippen LogP contribution in [0.3, 0.4) is 0 Å². The summed E-state index contributed by atoms with van der Waals surface area (Å²) in [4.78, 5) is 34.2. The zero-order valence-corrected chi connectivity index (χ0v) is 23.0. The van der Waals surface area contributed by atoms with Crippen LogP contribution in [0, 0.1) is 0 Å². The molecule has 1 saturated heterocycles. The van der Waals surface area contributed by atoms with Crippen LogP contribution in [0.1, 0.15) is 40.9 Å². The van der Waals surface area contributed by atoms with Crippen molar-refractivity contribution in [3.05, 3.63) is 57.8 Å². The summed E-state index contributed by atoms with van der Waals surface area (Å²) in [6.45, 7) is 10.7. The third-order valence-electron chi connectivity index (χ3n) is 6.25. The fraction of sp³-hybridized carbons (Fsp3) is 0.393. The number of benzene rings is 2. The Morgan fingerprint density at radius 1 is 1.13 bits per heavy atom. The van der Waals surface area contributed by atoms with E-state index in [1.165, 1.54) is 18.4 Å². The monoisotopic (exact) mass is 538 g/mol. The van der Waals surface area contributed by atoms with Gasteiger partial charge in [0.1, 0.15) is 24.3 Å². The molecule has 1 aliphatic rings. The topological polar surface area (TPSA) is 115 Å². The van der Waals surface area contributed by atoms with Crippen molar-refractivity contribution in [2.75, 3.05) is 51.9 Å². The minimum absolute atomic E-state index is 0.0718. The fourth-order valence-corrected chi connectivity index (χ4v) is 5.26. The number of carbonyl (C=O) groups is 2. The number of amides is 2. The van der Waals surface area contributed by atoms with Crippen LogP contribution in [0.2, 0.25) is 0 Å². The summed E-state index contributed by atoms with van der Waals surface area (Å²) in [5, 5.41) is 8.53. The Bertz CT molecular complexity index is 1340. The zero-order chi connectivity index (χ0) is 27.3. The molecular formula is C28H34N4O5S. The molecule has 0 spiro atoms. The normalized spacial score (nSPS) is 14.9. The van der Waals surface area contributed by atoms with Gasteiger partial charge in [0.05, 0.1) is 18.9 Å². The van der Waals surface area contributed by atoms with Gasteiger partial charge in [0.15, 0.2) is 5.71 Å². The molecule has 1 fully saturated rings. The standard InChI is InChI=1S/C28H34N4O5S/c1-28(2,3)23-17-21(25(38-23)26(29)33)30-27(34)24(31-35-4)20-9-10-22(19-8-6-5-7-18(19)20)37-16-13-32-11-14-36-15-12-32/h5-10,17H,11-16H2,1-4H3,(H2,29,33)(H,30,34)/b31-24+. The first-order valence-electron chi connectivity index (χ1n) is 12.5. The van der Waals surface area contributed by atoms with E-state index in [1.54, 1.807) is 12.1 Å². The number of primary amides is 1. The van der Waals surface area contributed by atoms with Crippen LogP contribution in [0.4, 0.5) is 5.69 Å². The van der Waals surface area contributed by atoms with E-state index in [1.807, 2.05) is 51.1 Å². The van der Waals surface area contributed by atoms with Crippen LogP contribution in [-0.4, -0.2) is 69.0 Å². The van der Waals surface area contributed by atoms with E-state index in [9.17, 15) is 9.59 Å². The second kappa shape index (κ2) is 11.9. The van der Waals surface area contributed by atoms with Gasteiger partial charge < -0.3 is 25.4 Å². The van der Waals surface area contributed by atoms with E-state index >= 15 is 0 Å². The van der Waals surface area contributed by atoms with Crippen molar-refractivity contribution >= 4 is 45.3 Å². The van der Waals surface area contributed by atoms with Gasteiger partial charge in [-0.05, 0) is 29.0 Å². The molecule has 0 atom stereocenters. The number of ether oxygens (including phenoxy) is 2. The van der Waals surface area contributed by atoms with Crippen LogP contribution in [0.5, 0.6) is 5.75 Å². The van der Waals surface area contributed by atoms with Crippen molar-refractivity contribution in [2.45, 2.75) is 26.2 Å². The number of nitrogens with zero attached hydrogens (tertiary/aromatic N) is 2. The lowest BCUT2D eigenvalue weighted by Crippen LogP contribution is -2.38. The first kappa shape index (κ1) is 27.6. The highest BCUT2D eigenvalue weighted by Gasteiger charge is 2.26. The lowest BCUT2D eigenvalue weighted by Gasteiger charge is -2.26. The summed E-state index contributed by atoms with van der Waals surface area (Å²) in [7, 11) is 1.38. The molecule has 0 bridgehead atoms. The van der Waals surface area contributed by atoms with E-state index in [4.69, 9.17) is 20.0 Å². The lowest BCUT2D eigenvalue weighted by molar-refractivity contribution is -0.110. The van der Waals surface area contributed by atoms with Gasteiger partial charge in [-0.1, -0.05) is 50.2 Å². The Morgan fingerprint density at radius 2 is 1.84 bits per heavy atom. The minimum atomic E-state index is -0.602. The van der Waals surface area contributed by atoms with E-state index in [0.717, 1.165) is 54.2 Å². The molecule has 0 saturated carbocycles. The molecule has 1 aromatic heterocycles. The lowest BCUT2D eigenvalue weighted by atomic mass is 9.94. The summed E-state index contributed by atoms with van der Waals surface area (Å²) < 4.78 is 11.6. The number of hydrogen-bond acceptors (Lipinski definition) is 8. The molecular weight excluding hydrogens is 504 g/mol. The van der Waals surface area contributed by atoms with Gasteiger partial charge in [-0.3, -0.25) is 14.5 Å². The Balaban J connectivity index is 1.61. The molecule has 3 N–H and O–H groups in total. The molecule has 10 heteroatoms. The molecule has 3 aromatic rings. The van der Waals surface area contributed by atoms with E-state index < -0.39 is 11.8 Å². The third kappa shape index (κ3) is 6.32. The number of fused-ring (bicyclic) bond motifs is 1. The Hall–Kier alpha value is -3.47. The molecule has 0 unspecified atom stereocenters. The molecule has 202 valence electrons. The zero-order valence-electron chi connectivity index (χ0n) is 22.2. The first-order valence-corrected chi connectivity index (χ1v) is 13.3. The number of morpholine rings is 1. The Morgan fingerprint density at radius 3 is 2.50 bits per heavy atom. The van der Waals surface area contributed by atoms with E-state index in [0.29, 0.717) is 17.9 Å². The number of nitrogens with two attached hydrogens (primary N) is 1. The number of anilines is 1. The average Bonchev–Trinajstić information content (AvgIpc) is 3.33. The highest BCUT2D eigenvalue weighted by atomic mass is 32.1. The highest BCUT2D eigenvalue weighted by molar-refractivity contribution is 7.14. The predicted molar refractivity (Wildman–Crippen MR) is 150 cm³/mol. The number of carbonyl (C=O) groups excluding carboxylic acids is 2. The molecule has 2 amide bonds. The van der Waals surface area contributed by atoms with Crippen molar-refractivity contribution in [1.29, 1.82) is 0 Å². The molecule has 1 aliphatic heterocycles. The molecule has 4 rings (SSSR count). The number of oxime groups is 1. The smallest absolute Gasteiger partial charge is 0.278 e. The highest BCUT2D eigenvalue weighted by Crippen LogP contribution is 2.36. The molecule has 2 heterocycles. The maximum Gasteiger partial charge on any atom is 0.278 e. The molecule has 0 radical (unpaired) electrons.